The number of likely N-dealkylation sites (tertiary alicyclic amines) is 1. The minimum Gasteiger partial charge on any atom is -0.374 e. The zero-order chi connectivity index (χ0) is 18.1. The van der Waals surface area contributed by atoms with E-state index in [0.29, 0.717) is 11.8 Å². The van der Waals surface area contributed by atoms with Gasteiger partial charge in [0.1, 0.15) is 0 Å². The summed E-state index contributed by atoms with van der Waals surface area (Å²) in [6.45, 7) is 16.4. The van der Waals surface area contributed by atoms with Crippen molar-refractivity contribution < 1.29 is 4.74 Å². The van der Waals surface area contributed by atoms with Gasteiger partial charge in [-0.05, 0) is 37.8 Å². The van der Waals surface area contributed by atoms with Crippen molar-refractivity contribution in [1.82, 2.24) is 20.4 Å². The number of ether oxygens (including phenoxy) is 1. The first-order valence-electron chi connectivity index (χ1n) is 10.1. The van der Waals surface area contributed by atoms with E-state index in [-0.39, 0.29) is 6.10 Å². The number of hydrogen-bond acceptors (Lipinski definition) is 4. The number of aliphatic imine (C=N–C) groups is 1. The summed E-state index contributed by atoms with van der Waals surface area (Å²) in [6.07, 6.45) is 2.96. The lowest BCUT2D eigenvalue weighted by Gasteiger charge is -2.34. The van der Waals surface area contributed by atoms with Gasteiger partial charge in [0.05, 0.1) is 12.7 Å². The van der Waals surface area contributed by atoms with Gasteiger partial charge in [-0.25, -0.2) is 0 Å². The van der Waals surface area contributed by atoms with Crippen molar-refractivity contribution in [2.24, 2.45) is 16.8 Å². The Morgan fingerprint density at radius 2 is 1.84 bits per heavy atom. The van der Waals surface area contributed by atoms with Crippen LogP contribution in [-0.2, 0) is 4.74 Å². The van der Waals surface area contributed by atoms with Gasteiger partial charge < -0.3 is 20.3 Å². The predicted molar refractivity (Wildman–Crippen MR) is 105 cm³/mol. The van der Waals surface area contributed by atoms with E-state index in [4.69, 9.17) is 4.74 Å². The second-order valence-electron chi connectivity index (χ2n) is 8.09. The standard InChI is InChI=1S/C19H39N5O/c1-16(2)13-24-9-10-25-18(15-24)12-22-19(20-4)21-11-17(3)14-23-7-5-6-8-23/h16-18H,5-15H2,1-4H3,(H2,20,21,22). The molecule has 25 heavy (non-hydrogen) atoms. The van der Waals surface area contributed by atoms with Crippen LogP contribution in [0.4, 0.5) is 0 Å². The maximum absolute atomic E-state index is 5.91. The van der Waals surface area contributed by atoms with Crippen molar-refractivity contribution in [3.8, 4) is 0 Å². The molecule has 6 heteroatoms. The topological polar surface area (TPSA) is 52.1 Å². The minimum absolute atomic E-state index is 0.244. The van der Waals surface area contributed by atoms with E-state index in [1.165, 1.54) is 32.5 Å². The molecule has 2 N–H and O–H groups in total. The zero-order valence-electron chi connectivity index (χ0n) is 16.8. The summed E-state index contributed by atoms with van der Waals surface area (Å²) < 4.78 is 5.91. The Morgan fingerprint density at radius 3 is 2.52 bits per heavy atom. The Labute approximate surface area is 154 Å². The van der Waals surface area contributed by atoms with Crippen molar-refractivity contribution in [2.45, 2.75) is 39.7 Å². The molecule has 2 aliphatic heterocycles. The number of nitrogens with one attached hydrogen (secondary N) is 2. The number of nitrogens with zero attached hydrogens (tertiary/aromatic N) is 3. The molecule has 0 spiro atoms. The van der Waals surface area contributed by atoms with Gasteiger partial charge in [-0.1, -0.05) is 20.8 Å². The summed E-state index contributed by atoms with van der Waals surface area (Å²) in [4.78, 5) is 9.44. The van der Waals surface area contributed by atoms with Crippen molar-refractivity contribution in [3.05, 3.63) is 0 Å². The van der Waals surface area contributed by atoms with Crippen LogP contribution >= 0.6 is 0 Å². The zero-order valence-corrected chi connectivity index (χ0v) is 16.8. The van der Waals surface area contributed by atoms with Gasteiger partial charge in [-0.3, -0.25) is 9.89 Å². The SMILES string of the molecule is CN=C(NCC(C)CN1CCCC1)NCC1CN(CC(C)C)CCO1. The molecule has 2 rings (SSSR count). The monoisotopic (exact) mass is 353 g/mol. The molecule has 0 aromatic carbocycles. The van der Waals surface area contributed by atoms with Crippen molar-refractivity contribution >= 4 is 5.96 Å². The predicted octanol–water partition coefficient (Wildman–Crippen LogP) is 1.24. The summed E-state index contributed by atoms with van der Waals surface area (Å²) in [5.74, 6) is 2.22. The maximum atomic E-state index is 5.91. The van der Waals surface area contributed by atoms with Crippen LogP contribution < -0.4 is 10.6 Å². The van der Waals surface area contributed by atoms with E-state index < -0.39 is 0 Å². The highest BCUT2D eigenvalue weighted by molar-refractivity contribution is 5.79. The quantitative estimate of drug-likeness (QED) is 0.508. The Hall–Kier alpha value is -0.850. The van der Waals surface area contributed by atoms with Gasteiger partial charge >= 0.3 is 0 Å². The molecule has 2 aliphatic rings. The molecule has 2 saturated heterocycles. The molecule has 2 unspecified atom stereocenters. The average Bonchev–Trinajstić information content (AvgIpc) is 3.07. The molecule has 146 valence electrons. The van der Waals surface area contributed by atoms with Crippen LogP contribution in [0.5, 0.6) is 0 Å². The van der Waals surface area contributed by atoms with E-state index >= 15 is 0 Å². The Bertz CT molecular complexity index is 395. The van der Waals surface area contributed by atoms with Gasteiger partial charge in [-0.15, -0.1) is 0 Å². The smallest absolute Gasteiger partial charge is 0.191 e. The van der Waals surface area contributed by atoms with E-state index in [0.717, 1.165) is 45.3 Å². The van der Waals surface area contributed by atoms with Crippen LogP contribution in [0.15, 0.2) is 4.99 Å². The Morgan fingerprint density at radius 1 is 1.08 bits per heavy atom. The maximum Gasteiger partial charge on any atom is 0.191 e. The molecule has 2 fully saturated rings. The lowest BCUT2D eigenvalue weighted by atomic mass is 10.1. The number of rotatable bonds is 8. The fourth-order valence-corrected chi connectivity index (χ4v) is 3.76. The number of guanidine groups is 1. The summed E-state index contributed by atoms with van der Waals surface area (Å²) in [7, 11) is 1.84. The molecule has 2 atom stereocenters. The van der Waals surface area contributed by atoms with Gasteiger partial charge in [0.25, 0.3) is 0 Å². The molecule has 0 aromatic rings. The van der Waals surface area contributed by atoms with Crippen molar-refractivity contribution in [1.29, 1.82) is 0 Å². The van der Waals surface area contributed by atoms with Crippen LogP contribution in [0, 0.1) is 11.8 Å². The lowest BCUT2D eigenvalue weighted by Crippen LogP contribution is -2.50. The number of morpholine rings is 1. The highest BCUT2D eigenvalue weighted by Gasteiger charge is 2.21. The molecular weight excluding hydrogens is 314 g/mol. The summed E-state index contributed by atoms with van der Waals surface area (Å²) >= 11 is 0. The van der Waals surface area contributed by atoms with Gasteiger partial charge in [0.2, 0.25) is 0 Å². The normalized spacial score (nSPS) is 24.7. The highest BCUT2D eigenvalue weighted by atomic mass is 16.5. The third-order valence-electron chi connectivity index (χ3n) is 4.95. The lowest BCUT2D eigenvalue weighted by molar-refractivity contribution is -0.0284. The van der Waals surface area contributed by atoms with Gasteiger partial charge in [0.15, 0.2) is 5.96 Å². The van der Waals surface area contributed by atoms with Crippen LogP contribution in [-0.4, -0.2) is 87.9 Å². The molecule has 0 amide bonds. The van der Waals surface area contributed by atoms with E-state index in [1.54, 1.807) is 0 Å². The van der Waals surface area contributed by atoms with Crippen LogP contribution in [0.3, 0.4) is 0 Å². The van der Waals surface area contributed by atoms with Crippen molar-refractivity contribution in [2.75, 3.05) is 66.0 Å². The Kier molecular flexibility index (Phi) is 8.99. The number of hydrogen-bond donors (Lipinski definition) is 2. The second-order valence-corrected chi connectivity index (χ2v) is 8.09. The van der Waals surface area contributed by atoms with E-state index in [2.05, 4.69) is 46.2 Å². The highest BCUT2D eigenvalue weighted by Crippen LogP contribution is 2.10. The molecule has 0 aliphatic carbocycles. The molecule has 0 saturated carbocycles. The third-order valence-corrected chi connectivity index (χ3v) is 4.95. The summed E-state index contributed by atoms with van der Waals surface area (Å²) in [5.41, 5.74) is 0. The average molecular weight is 354 g/mol. The van der Waals surface area contributed by atoms with Gasteiger partial charge in [-0.2, -0.15) is 0 Å². The summed E-state index contributed by atoms with van der Waals surface area (Å²) in [6, 6.07) is 0. The fourth-order valence-electron chi connectivity index (χ4n) is 3.76. The summed E-state index contributed by atoms with van der Waals surface area (Å²) in [5, 5.41) is 6.90. The first kappa shape index (κ1) is 20.5. The largest absolute Gasteiger partial charge is 0.374 e. The van der Waals surface area contributed by atoms with Crippen molar-refractivity contribution in [3.63, 3.8) is 0 Å². The first-order valence-corrected chi connectivity index (χ1v) is 10.1. The van der Waals surface area contributed by atoms with Crippen LogP contribution in [0.2, 0.25) is 0 Å². The Balaban J connectivity index is 1.63. The molecule has 0 bridgehead atoms. The molecular formula is C19H39N5O. The first-order chi connectivity index (χ1) is 12.1. The molecule has 6 nitrogen and oxygen atoms in total. The fraction of sp³-hybridized carbons (Fsp3) is 0.947. The third kappa shape index (κ3) is 7.92. The minimum atomic E-state index is 0.244. The van der Waals surface area contributed by atoms with Gasteiger partial charge in [0, 0.05) is 46.3 Å². The molecule has 0 aromatic heterocycles. The molecule has 2 heterocycles. The van der Waals surface area contributed by atoms with E-state index in [9.17, 15) is 0 Å². The van der Waals surface area contributed by atoms with E-state index in [1.807, 2.05) is 7.05 Å². The molecule has 0 radical (unpaired) electrons. The second kappa shape index (κ2) is 11.0. The van der Waals surface area contributed by atoms with Crippen LogP contribution in [0.1, 0.15) is 33.6 Å². The van der Waals surface area contributed by atoms with Crippen LogP contribution in [0.25, 0.3) is 0 Å².